The fourth-order valence-corrected chi connectivity index (χ4v) is 3.44. The molecular weight excluding hydrogens is 374 g/mol. The maximum atomic E-state index is 10.4. The van der Waals surface area contributed by atoms with Crippen molar-refractivity contribution < 1.29 is 31.9 Å². The van der Waals surface area contributed by atoms with Gasteiger partial charge in [0.25, 0.3) is 0 Å². The van der Waals surface area contributed by atoms with Gasteiger partial charge in [-0.05, 0) is 35.3 Å². The Labute approximate surface area is 178 Å². The molecule has 2 N–H and O–H groups in total. The summed E-state index contributed by atoms with van der Waals surface area (Å²) in [5.41, 5.74) is 2.79. The van der Waals surface area contributed by atoms with Crippen LogP contribution in [0.15, 0.2) is 18.2 Å². The molecule has 162 valence electrons. The lowest BCUT2D eigenvalue weighted by Crippen LogP contribution is -3.15. The van der Waals surface area contributed by atoms with Gasteiger partial charge < -0.3 is 31.9 Å². The van der Waals surface area contributed by atoms with Crippen LogP contribution in [-0.2, 0) is 15.6 Å². The number of hydrogen-bond donors (Lipinski definition) is 2. The van der Waals surface area contributed by atoms with E-state index in [1.165, 1.54) is 16.0 Å². The van der Waals surface area contributed by atoms with Gasteiger partial charge in [-0.2, -0.15) is 0 Å². The predicted molar refractivity (Wildman–Crippen MR) is 111 cm³/mol. The normalized spacial score (nSPS) is 17.1. The first-order valence-corrected chi connectivity index (χ1v) is 10.6. The smallest absolute Gasteiger partial charge is 0.137 e. The molecule has 1 aromatic rings. The molecule has 1 heterocycles. The third kappa shape index (κ3) is 6.62. The molecule has 2 rings (SSSR count). The minimum absolute atomic E-state index is 0. The maximum Gasteiger partial charge on any atom is 0.137 e. The number of ether oxygens (including phenoxy) is 2. The average Bonchev–Trinajstić information content (AvgIpc) is 2.67. The predicted octanol–water partition coefficient (Wildman–Crippen LogP) is -0.279. The summed E-state index contributed by atoms with van der Waals surface area (Å²) in [6.45, 7) is 18.1. The van der Waals surface area contributed by atoms with E-state index in [0.717, 1.165) is 51.4 Å². The van der Waals surface area contributed by atoms with E-state index >= 15 is 0 Å². The van der Waals surface area contributed by atoms with Gasteiger partial charge in [0.05, 0.1) is 13.2 Å². The van der Waals surface area contributed by atoms with E-state index in [0.29, 0.717) is 6.61 Å². The van der Waals surface area contributed by atoms with E-state index in [2.05, 4.69) is 59.7 Å². The minimum Gasteiger partial charge on any atom is -1.00 e. The zero-order valence-electron chi connectivity index (χ0n) is 18.6. The zero-order chi connectivity index (χ0) is 20.1. The molecular formula is C23H40ClNO3. The summed E-state index contributed by atoms with van der Waals surface area (Å²) in [6, 6.07) is 6.61. The van der Waals surface area contributed by atoms with E-state index in [9.17, 15) is 5.11 Å². The number of benzene rings is 1. The Balaban J connectivity index is 0.00000392. The van der Waals surface area contributed by atoms with Crippen molar-refractivity contribution in [2.24, 2.45) is 0 Å². The minimum atomic E-state index is -0.456. The standard InChI is InChI=1S/C23H39NO3.ClH/c1-7-22(3,4)18-9-10-21(20(15-18)23(5,6)8-2)27-17-19(25)16-24-11-13-26-14-12-24;/h9-10,15,19,25H,7-8,11-14,16-17H2,1-6H3;1H. The molecule has 0 spiro atoms. The van der Waals surface area contributed by atoms with Crippen LogP contribution in [0.5, 0.6) is 5.75 Å². The van der Waals surface area contributed by atoms with E-state index in [1.807, 2.05) is 0 Å². The van der Waals surface area contributed by atoms with Crippen molar-refractivity contribution >= 4 is 0 Å². The Morgan fingerprint density at radius 2 is 1.68 bits per heavy atom. The van der Waals surface area contributed by atoms with Gasteiger partial charge in [-0.15, -0.1) is 0 Å². The molecule has 0 aromatic heterocycles. The van der Waals surface area contributed by atoms with Gasteiger partial charge in [-0.25, -0.2) is 0 Å². The first-order valence-electron chi connectivity index (χ1n) is 10.6. The van der Waals surface area contributed by atoms with E-state index in [4.69, 9.17) is 9.47 Å². The van der Waals surface area contributed by atoms with Crippen molar-refractivity contribution in [3.8, 4) is 5.75 Å². The van der Waals surface area contributed by atoms with Gasteiger partial charge in [0.15, 0.2) is 0 Å². The summed E-state index contributed by atoms with van der Waals surface area (Å²) in [6.07, 6.45) is 1.68. The van der Waals surface area contributed by atoms with Gasteiger partial charge in [0, 0.05) is 5.56 Å². The highest BCUT2D eigenvalue weighted by Gasteiger charge is 2.27. The van der Waals surface area contributed by atoms with Crippen LogP contribution < -0.4 is 22.0 Å². The summed E-state index contributed by atoms with van der Waals surface area (Å²) in [5, 5.41) is 10.4. The van der Waals surface area contributed by atoms with Crippen molar-refractivity contribution in [1.29, 1.82) is 0 Å². The van der Waals surface area contributed by atoms with Crippen molar-refractivity contribution in [2.45, 2.75) is 71.3 Å². The Morgan fingerprint density at radius 3 is 2.25 bits per heavy atom. The van der Waals surface area contributed by atoms with Gasteiger partial charge in [0.1, 0.15) is 38.1 Å². The van der Waals surface area contributed by atoms with Crippen LogP contribution >= 0.6 is 0 Å². The average molecular weight is 414 g/mol. The van der Waals surface area contributed by atoms with Crippen molar-refractivity contribution in [2.75, 3.05) is 39.5 Å². The third-order valence-electron chi connectivity index (χ3n) is 6.41. The summed E-state index contributed by atoms with van der Waals surface area (Å²) >= 11 is 0. The van der Waals surface area contributed by atoms with Crippen LogP contribution in [0.3, 0.4) is 0 Å². The topological polar surface area (TPSA) is 43.1 Å². The Kier molecular flexibility index (Phi) is 9.75. The fourth-order valence-electron chi connectivity index (χ4n) is 3.44. The first kappa shape index (κ1) is 25.2. The van der Waals surface area contributed by atoms with Crippen LogP contribution in [-0.4, -0.2) is 50.7 Å². The SMILES string of the molecule is CCC(C)(C)c1ccc(OCC(O)C[NH+]2CCOCC2)c(C(C)(C)CC)c1.[Cl-]. The highest BCUT2D eigenvalue weighted by molar-refractivity contribution is 5.44. The number of halogens is 1. The Morgan fingerprint density at radius 1 is 1.07 bits per heavy atom. The van der Waals surface area contributed by atoms with Crippen LogP contribution in [0.25, 0.3) is 0 Å². The number of quaternary nitrogens is 1. The monoisotopic (exact) mass is 413 g/mol. The van der Waals surface area contributed by atoms with Crippen LogP contribution in [0.1, 0.15) is 65.5 Å². The molecule has 0 bridgehead atoms. The molecule has 1 atom stereocenters. The lowest BCUT2D eigenvalue weighted by molar-refractivity contribution is -0.911. The van der Waals surface area contributed by atoms with Crippen molar-refractivity contribution in [1.82, 2.24) is 0 Å². The number of nitrogens with one attached hydrogen (secondary N) is 1. The molecule has 5 heteroatoms. The molecule has 0 aliphatic carbocycles. The lowest BCUT2D eigenvalue weighted by Gasteiger charge is -2.31. The molecule has 28 heavy (non-hydrogen) atoms. The zero-order valence-corrected chi connectivity index (χ0v) is 19.4. The summed E-state index contributed by atoms with van der Waals surface area (Å²) in [7, 11) is 0. The van der Waals surface area contributed by atoms with Crippen LogP contribution in [0, 0.1) is 0 Å². The molecule has 1 aliphatic heterocycles. The summed E-state index contributed by atoms with van der Waals surface area (Å²) < 4.78 is 11.5. The van der Waals surface area contributed by atoms with Gasteiger partial charge in [-0.3, -0.25) is 0 Å². The third-order valence-corrected chi connectivity index (χ3v) is 6.41. The highest BCUT2D eigenvalue weighted by atomic mass is 35.5. The van der Waals surface area contributed by atoms with Crippen molar-refractivity contribution in [3.63, 3.8) is 0 Å². The van der Waals surface area contributed by atoms with Crippen LogP contribution in [0.4, 0.5) is 0 Å². The van der Waals surface area contributed by atoms with Crippen LogP contribution in [0.2, 0.25) is 0 Å². The van der Waals surface area contributed by atoms with Gasteiger partial charge >= 0.3 is 0 Å². The lowest BCUT2D eigenvalue weighted by atomic mass is 9.76. The number of hydrogen-bond acceptors (Lipinski definition) is 3. The van der Waals surface area contributed by atoms with E-state index < -0.39 is 6.10 Å². The first-order chi connectivity index (χ1) is 12.7. The number of rotatable bonds is 9. The molecule has 0 radical (unpaired) electrons. The second-order valence-electron chi connectivity index (χ2n) is 9.22. The molecule has 4 nitrogen and oxygen atoms in total. The summed E-state index contributed by atoms with van der Waals surface area (Å²) in [4.78, 5) is 1.39. The molecule has 1 fully saturated rings. The molecule has 1 aromatic carbocycles. The van der Waals surface area contributed by atoms with E-state index in [1.54, 1.807) is 0 Å². The number of aliphatic hydroxyl groups is 1. The van der Waals surface area contributed by atoms with Gasteiger partial charge in [0.2, 0.25) is 0 Å². The number of aliphatic hydroxyl groups excluding tert-OH is 1. The molecule has 1 saturated heterocycles. The van der Waals surface area contributed by atoms with E-state index in [-0.39, 0.29) is 23.2 Å². The number of morpholine rings is 1. The maximum absolute atomic E-state index is 10.4. The fraction of sp³-hybridized carbons (Fsp3) is 0.739. The summed E-state index contributed by atoms with van der Waals surface area (Å²) in [5.74, 6) is 0.911. The largest absolute Gasteiger partial charge is 1.00 e. The Bertz CT molecular complexity index is 598. The Hall–Kier alpha value is -0.810. The molecule has 1 aliphatic rings. The van der Waals surface area contributed by atoms with Crippen molar-refractivity contribution in [3.05, 3.63) is 29.3 Å². The molecule has 0 amide bonds. The molecule has 0 saturated carbocycles. The second kappa shape index (κ2) is 10.8. The molecule has 1 unspecified atom stereocenters. The highest BCUT2D eigenvalue weighted by Crippen LogP contribution is 2.38. The quantitative estimate of drug-likeness (QED) is 0.585. The second-order valence-corrected chi connectivity index (χ2v) is 9.22. The van der Waals surface area contributed by atoms with Gasteiger partial charge in [-0.1, -0.05) is 53.7 Å².